The van der Waals surface area contributed by atoms with E-state index in [1.807, 2.05) is 6.92 Å². The minimum atomic E-state index is 0.0601. The Hall–Kier alpha value is -1.16. The van der Waals surface area contributed by atoms with Crippen LogP contribution >= 0.6 is 15.9 Å². The van der Waals surface area contributed by atoms with Gasteiger partial charge in [0.05, 0.1) is 16.6 Å². The molecule has 0 saturated heterocycles. The van der Waals surface area contributed by atoms with Gasteiger partial charge in [0.25, 0.3) is 0 Å². The normalized spacial score (nSPS) is 10.8. The zero-order valence-electron chi connectivity index (χ0n) is 7.89. The number of hydrogen-bond donors (Lipinski definition) is 1. The number of hydrogen-bond acceptors (Lipinski definition) is 2. The van der Waals surface area contributed by atoms with Gasteiger partial charge in [0.15, 0.2) is 5.43 Å². The Morgan fingerprint density at radius 1 is 1.43 bits per heavy atom. The van der Waals surface area contributed by atoms with E-state index in [0.717, 1.165) is 16.8 Å². The van der Waals surface area contributed by atoms with E-state index >= 15 is 0 Å². The lowest BCUT2D eigenvalue weighted by atomic mass is 10.2. The van der Waals surface area contributed by atoms with Gasteiger partial charge in [0.2, 0.25) is 0 Å². The Balaban J connectivity index is 3.03. The highest BCUT2D eigenvalue weighted by Gasteiger charge is 2.05. The summed E-state index contributed by atoms with van der Waals surface area (Å²) in [5, 5.41) is 0.685. The molecule has 4 heteroatoms. The molecule has 0 saturated carbocycles. The van der Waals surface area contributed by atoms with Crippen molar-refractivity contribution in [1.82, 2.24) is 9.97 Å². The predicted molar refractivity (Wildman–Crippen MR) is 59.5 cm³/mol. The second-order valence-corrected chi connectivity index (χ2v) is 4.07. The topological polar surface area (TPSA) is 45.8 Å². The van der Waals surface area contributed by atoms with Crippen molar-refractivity contribution in [1.29, 1.82) is 0 Å². The molecular formula is C10H9BrN2O. The van der Waals surface area contributed by atoms with Crippen molar-refractivity contribution in [3.63, 3.8) is 0 Å². The van der Waals surface area contributed by atoms with E-state index < -0.39 is 0 Å². The van der Waals surface area contributed by atoms with Crippen LogP contribution in [0.5, 0.6) is 0 Å². The van der Waals surface area contributed by atoms with E-state index in [0.29, 0.717) is 9.99 Å². The van der Waals surface area contributed by atoms with Crippen LogP contribution < -0.4 is 5.43 Å². The van der Waals surface area contributed by atoms with E-state index in [1.54, 1.807) is 19.2 Å². The van der Waals surface area contributed by atoms with Crippen molar-refractivity contribution in [2.45, 2.75) is 13.8 Å². The van der Waals surface area contributed by atoms with E-state index in [2.05, 4.69) is 25.9 Å². The third-order valence-electron chi connectivity index (χ3n) is 2.20. The molecule has 72 valence electrons. The molecule has 0 aliphatic carbocycles. The minimum absolute atomic E-state index is 0.0601. The molecule has 0 spiro atoms. The number of H-pyrrole nitrogens is 1. The largest absolute Gasteiger partial charge is 0.359 e. The maximum atomic E-state index is 11.8. The van der Waals surface area contributed by atoms with Gasteiger partial charge in [0.1, 0.15) is 4.60 Å². The van der Waals surface area contributed by atoms with Gasteiger partial charge in [0, 0.05) is 11.8 Å². The number of nitrogens with zero attached hydrogens (tertiary/aromatic N) is 1. The molecule has 0 fully saturated rings. The lowest BCUT2D eigenvalue weighted by molar-refractivity contribution is 1.16. The van der Waals surface area contributed by atoms with E-state index in [-0.39, 0.29) is 5.43 Å². The Morgan fingerprint density at radius 2 is 2.14 bits per heavy atom. The van der Waals surface area contributed by atoms with Crippen LogP contribution in [-0.2, 0) is 0 Å². The zero-order chi connectivity index (χ0) is 10.3. The van der Waals surface area contributed by atoms with Crippen LogP contribution in [0, 0.1) is 13.8 Å². The van der Waals surface area contributed by atoms with Gasteiger partial charge in [-0.25, -0.2) is 4.98 Å². The summed E-state index contributed by atoms with van der Waals surface area (Å²) in [6.07, 6.45) is 1.72. The summed E-state index contributed by atoms with van der Waals surface area (Å²) in [5.41, 5.74) is 2.41. The molecule has 0 atom stereocenters. The maximum absolute atomic E-state index is 11.8. The van der Waals surface area contributed by atoms with E-state index in [9.17, 15) is 4.79 Å². The van der Waals surface area contributed by atoms with Gasteiger partial charge in [-0.15, -0.1) is 0 Å². The van der Waals surface area contributed by atoms with E-state index in [4.69, 9.17) is 0 Å². The van der Waals surface area contributed by atoms with Crippen molar-refractivity contribution in [3.8, 4) is 0 Å². The lowest BCUT2D eigenvalue weighted by Gasteiger charge is -2.02. The minimum Gasteiger partial charge on any atom is -0.359 e. The molecular weight excluding hydrogens is 244 g/mol. The Labute approximate surface area is 89.3 Å². The van der Waals surface area contributed by atoms with Crippen molar-refractivity contribution in [2.24, 2.45) is 0 Å². The van der Waals surface area contributed by atoms with Gasteiger partial charge in [-0.2, -0.15) is 0 Å². The van der Waals surface area contributed by atoms with E-state index in [1.165, 1.54) is 0 Å². The number of fused-ring (bicyclic) bond motifs is 1. The van der Waals surface area contributed by atoms with Gasteiger partial charge < -0.3 is 4.98 Å². The van der Waals surface area contributed by atoms with Crippen LogP contribution in [0.15, 0.2) is 21.7 Å². The molecule has 2 aromatic rings. The Kier molecular flexibility index (Phi) is 2.15. The second-order valence-electron chi connectivity index (χ2n) is 3.25. The molecule has 0 amide bonds. The zero-order valence-corrected chi connectivity index (χ0v) is 9.47. The number of rotatable bonds is 0. The molecule has 2 rings (SSSR count). The molecule has 2 aromatic heterocycles. The number of nitrogens with one attached hydrogen (secondary N) is 1. The quantitative estimate of drug-likeness (QED) is 0.732. The van der Waals surface area contributed by atoms with Crippen LogP contribution in [0.1, 0.15) is 11.3 Å². The van der Waals surface area contributed by atoms with Crippen LogP contribution in [0.3, 0.4) is 0 Å². The average molecular weight is 253 g/mol. The first-order valence-corrected chi connectivity index (χ1v) is 5.04. The lowest BCUT2D eigenvalue weighted by Crippen LogP contribution is -2.07. The summed E-state index contributed by atoms with van der Waals surface area (Å²) in [4.78, 5) is 19.1. The molecule has 0 aromatic carbocycles. The highest BCUT2D eigenvalue weighted by atomic mass is 79.9. The summed E-state index contributed by atoms with van der Waals surface area (Å²) in [7, 11) is 0. The number of aromatic nitrogens is 2. The molecule has 0 aliphatic heterocycles. The molecule has 1 N–H and O–H groups in total. The number of aryl methyl sites for hydroxylation is 2. The number of pyridine rings is 2. The fraction of sp³-hybridized carbons (Fsp3) is 0.200. The molecule has 2 heterocycles. The fourth-order valence-corrected chi connectivity index (χ4v) is 1.95. The van der Waals surface area contributed by atoms with Crippen LogP contribution in [0.2, 0.25) is 0 Å². The number of aromatic amines is 1. The molecule has 0 aliphatic rings. The summed E-state index contributed by atoms with van der Waals surface area (Å²) in [6, 6.07) is 1.74. The molecule has 0 radical (unpaired) electrons. The predicted octanol–water partition coefficient (Wildman–Crippen LogP) is 2.30. The molecule has 0 bridgehead atoms. The van der Waals surface area contributed by atoms with Crippen LogP contribution in [-0.4, -0.2) is 9.97 Å². The van der Waals surface area contributed by atoms with Crippen molar-refractivity contribution in [2.75, 3.05) is 0 Å². The van der Waals surface area contributed by atoms with Crippen molar-refractivity contribution in [3.05, 3.63) is 38.3 Å². The van der Waals surface area contributed by atoms with Gasteiger partial charge >= 0.3 is 0 Å². The van der Waals surface area contributed by atoms with Crippen molar-refractivity contribution < 1.29 is 0 Å². The Bertz CT molecular complexity index is 560. The molecule has 0 unspecified atom stereocenters. The van der Waals surface area contributed by atoms with Gasteiger partial charge in [-0.05, 0) is 35.8 Å². The first-order valence-electron chi connectivity index (χ1n) is 4.25. The smallest absolute Gasteiger partial charge is 0.192 e. The molecule has 14 heavy (non-hydrogen) atoms. The first-order chi connectivity index (χ1) is 6.59. The number of halogens is 1. The van der Waals surface area contributed by atoms with Gasteiger partial charge in [-0.1, -0.05) is 0 Å². The third-order valence-corrected chi connectivity index (χ3v) is 2.61. The summed E-state index contributed by atoms with van der Waals surface area (Å²) in [6.45, 7) is 3.67. The third kappa shape index (κ3) is 1.35. The monoisotopic (exact) mass is 252 g/mol. The highest BCUT2D eigenvalue weighted by Crippen LogP contribution is 2.16. The first kappa shape index (κ1) is 9.40. The standard InChI is InChI=1S/C10H9BrN2O/c1-5-4-12-9-6(2)13-8(11)3-7(9)10(5)14/h3-4H,1-2H3,(H,12,14). The fourth-order valence-electron chi connectivity index (χ4n) is 1.45. The summed E-state index contributed by atoms with van der Waals surface area (Å²) >= 11 is 3.28. The summed E-state index contributed by atoms with van der Waals surface area (Å²) in [5.74, 6) is 0. The van der Waals surface area contributed by atoms with Gasteiger partial charge in [-0.3, -0.25) is 4.79 Å². The molecule has 3 nitrogen and oxygen atoms in total. The summed E-state index contributed by atoms with van der Waals surface area (Å²) < 4.78 is 0.693. The Morgan fingerprint density at radius 3 is 2.86 bits per heavy atom. The average Bonchev–Trinajstić information content (AvgIpc) is 2.12. The van der Waals surface area contributed by atoms with Crippen LogP contribution in [0.4, 0.5) is 0 Å². The maximum Gasteiger partial charge on any atom is 0.192 e. The second kappa shape index (κ2) is 3.20. The van der Waals surface area contributed by atoms with Crippen LogP contribution in [0.25, 0.3) is 10.9 Å². The SMILES string of the molecule is Cc1c[nH]c2c(C)nc(Br)cc2c1=O. The van der Waals surface area contributed by atoms with Crippen molar-refractivity contribution >= 4 is 26.8 Å². The highest BCUT2D eigenvalue weighted by molar-refractivity contribution is 9.10.